The SMILES string of the molecule is CC(C)(C)NC(=O)c1ccccc1NC(=O)C1CCCN(Cc2ccc(F)cc2)C1. The van der Waals surface area contributed by atoms with E-state index >= 15 is 0 Å². The lowest BCUT2D eigenvalue weighted by molar-refractivity contribution is -0.121. The predicted molar refractivity (Wildman–Crippen MR) is 117 cm³/mol. The number of nitrogens with one attached hydrogen (secondary N) is 2. The van der Waals surface area contributed by atoms with Gasteiger partial charge in [0.25, 0.3) is 5.91 Å². The number of halogens is 1. The second-order valence-corrected chi connectivity index (χ2v) is 8.94. The number of piperidine rings is 1. The first-order valence-corrected chi connectivity index (χ1v) is 10.4. The fraction of sp³-hybridized carbons (Fsp3) is 0.417. The standard InChI is InChI=1S/C24H30FN3O2/c1-24(2,3)27-23(30)20-8-4-5-9-21(20)26-22(29)18-7-6-14-28(16-18)15-17-10-12-19(25)13-11-17/h4-5,8-13,18H,6-7,14-16H2,1-3H3,(H,26,29)(H,27,30). The zero-order valence-electron chi connectivity index (χ0n) is 17.9. The molecule has 0 bridgehead atoms. The molecule has 2 N–H and O–H groups in total. The van der Waals surface area contributed by atoms with Gasteiger partial charge >= 0.3 is 0 Å². The van der Waals surface area contributed by atoms with Crippen molar-refractivity contribution in [2.75, 3.05) is 18.4 Å². The molecule has 1 atom stereocenters. The van der Waals surface area contributed by atoms with Crippen molar-refractivity contribution in [3.8, 4) is 0 Å². The molecule has 0 spiro atoms. The van der Waals surface area contributed by atoms with Crippen LogP contribution < -0.4 is 10.6 Å². The number of hydrogen-bond acceptors (Lipinski definition) is 3. The van der Waals surface area contributed by atoms with Gasteiger partial charge in [-0.1, -0.05) is 24.3 Å². The predicted octanol–water partition coefficient (Wildman–Crippen LogP) is 4.20. The van der Waals surface area contributed by atoms with Crippen LogP contribution in [0.5, 0.6) is 0 Å². The minimum Gasteiger partial charge on any atom is -0.347 e. The molecule has 5 nitrogen and oxygen atoms in total. The molecule has 1 aliphatic rings. The highest BCUT2D eigenvalue weighted by molar-refractivity contribution is 6.04. The zero-order valence-corrected chi connectivity index (χ0v) is 17.9. The zero-order chi connectivity index (χ0) is 21.7. The number of hydrogen-bond donors (Lipinski definition) is 2. The summed E-state index contributed by atoms with van der Waals surface area (Å²) in [5.74, 6) is -0.684. The van der Waals surface area contributed by atoms with Crippen molar-refractivity contribution in [3.63, 3.8) is 0 Å². The number of carbonyl (C=O) groups excluding carboxylic acids is 2. The Kier molecular flexibility index (Phi) is 6.87. The van der Waals surface area contributed by atoms with Gasteiger partial charge in [0.1, 0.15) is 5.82 Å². The number of carbonyl (C=O) groups is 2. The smallest absolute Gasteiger partial charge is 0.253 e. The Hall–Kier alpha value is -2.73. The molecule has 1 aliphatic heterocycles. The summed E-state index contributed by atoms with van der Waals surface area (Å²) >= 11 is 0. The molecule has 0 radical (unpaired) electrons. The number of amides is 2. The summed E-state index contributed by atoms with van der Waals surface area (Å²) in [7, 11) is 0. The van der Waals surface area contributed by atoms with E-state index in [1.54, 1.807) is 30.3 Å². The Balaban J connectivity index is 1.64. The van der Waals surface area contributed by atoms with E-state index in [2.05, 4.69) is 15.5 Å². The Labute approximate surface area is 177 Å². The average molecular weight is 412 g/mol. The van der Waals surface area contributed by atoms with Crippen LogP contribution in [0.4, 0.5) is 10.1 Å². The number of anilines is 1. The molecular formula is C24H30FN3O2. The first-order chi connectivity index (χ1) is 14.2. The molecule has 0 aromatic heterocycles. The highest BCUT2D eigenvalue weighted by atomic mass is 19.1. The van der Waals surface area contributed by atoms with Crippen LogP contribution in [-0.2, 0) is 11.3 Å². The van der Waals surface area contributed by atoms with E-state index in [9.17, 15) is 14.0 Å². The largest absolute Gasteiger partial charge is 0.347 e. The summed E-state index contributed by atoms with van der Waals surface area (Å²) in [6.07, 6.45) is 1.73. The number of benzene rings is 2. The number of nitrogens with zero attached hydrogens (tertiary/aromatic N) is 1. The van der Waals surface area contributed by atoms with Gasteiger partial charge in [0.05, 0.1) is 17.2 Å². The van der Waals surface area contributed by atoms with E-state index < -0.39 is 0 Å². The summed E-state index contributed by atoms with van der Waals surface area (Å²) in [4.78, 5) is 27.8. The lowest BCUT2D eigenvalue weighted by atomic mass is 9.96. The maximum absolute atomic E-state index is 13.1. The molecular weight excluding hydrogens is 381 g/mol. The van der Waals surface area contributed by atoms with Crippen LogP contribution in [0, 0.1) is 11.7 Å². The Bertz CT molecular complexity index is 890. The molecule has 2 aromatic rings. The van der Waals surface area contributed by atoms with Crippen molar-refractivity contribution in [2.24, 2.45) is 5.92 Å². The second-order valence-electron chi connectivity index (χ2n) is 8.94. The second kappa shape index (κ2) is 9.39. The van der Waals surface area contributed by atoms with Crippen molar-refractivity contribution in [1.29, 1.82) is 0 Å². The highest BCUT2D eigenvalue weighted by Gasteiger charge is 2.27. The third kappa shape index (κ3) is 6.13. The summed E-state index contributed by atoms with van der Waals surface area (Å²) < 4.78 is 13.1. The lowest BCUT2D eigenvalue weighted by Crippen LogP contribution is -2.42. The monoisotopic (exact) mass is 411 g/mol. The molecule has 2 aromatic carbocycles. The molecule has 0 saturated carbocycles. The molecule has 1 fully saturated rings. The van der Waals surface area contributed by atoms with E-state index in [4.69, 9.17) is 0 Å². The summed E-state index contributed by atoms with van der Waals surface area (Å²) in [5.41, 5.74) is 1.65. The summed E-state index contributed by atoms with van der Waals surface area (Å²) in [5, 5.41) is 5.90. The minimum absolute atomic E-state index is 0.0742. The van der Waals surface area contributed by atoms with Gasteiger partial charge < -0.3 is 10.6 Å². The molecule has 2 amide bonds. The van der Waals surface area contributed by atoms with Gasteiger partial charge in [-0.3, -0.25) is 14.5 Å². The molecule has 0 aliphatic carbocycles. The van der Waals surface area contributed by atoms with E-state index in [-0.39, 0.29) is 29.1 Å². The van der Waals surface area contributed by atoms with E-state index in [0.29, 0.717) is 24.3 Å². The third-order valence-corrected chi connectivity index (χ3v) is 5.11. The molecule has 1 unspecified atom stereocenters. The van der Waals surface area contributed by atoms with Gasteiger partial charge in [0.2, 0.25) is 5.91 Å². The van der Waals surface area contributed by atoms with Crippen LogP contribution >= 0.6 is 0 Å². The Morgan fingerprint density at radius 1 is 1.10 bits per heavy atom. The number of rotatable bonds is 5. The lowest BCUT2D eigenvalue weighted by Gasteiger charge is -2.32. The van der Waals surface area contributed by atoms with Gasteiger partial charge in [-0.05, 0) is 70.0 Å². The van der Waals surface area contributed by atoms with Crippen molar-refractivity contribution in [3.05, 3.63) is 65.5 Å². The summed E-state index contributed by atoms with van der Waals surface area (Å²) in [6, 6.07) is 13.6. The fourth-order valence-corrected chi connectivity index (χ4v) is 3.69. The van der Waals surface area contributed by atoms with Crippen LogP contribution in [0.15, 0.2) is 48.5 Å². The number of para-hydroxylation sites is 1. The van der Waals surface area contributed by atoms with Crippen molar-refractivity contribution in [1.82, 2.24) is 10.2 Å². The maximum atomic E-state index is 13.1. The van der Waals surface area contributed by atoms with E-state index in [1.807, 2.05) is 26.8 Å². The third-order valence-electron chi connectivity index (χ3n) is 5.11. The minimum atomic E-state index is -0.363. The van der Waals surface area contributed by atoms with Crippen molar-refractivity contribution in [2.45, 2.75) is 45.7 Å². The fourth-order valence-electron chi connectivity index (χ4n) is 3.69. The Morgan fingerprint density at radius 3 is 2.50 bits per heavy atom. The molecule has 1 heterocycles. The average Bonchev–Trinajstić information content (AvgIpc) is 2.69. The quantitative estimate of drug-likeness (QED) is 0.775. The van der Waals surface area contributed by atoms with Gasteiger partial charge in [0, 0.05) is 18.6 Å². The van der Waals surface area contributed by atoms with Crippen LogP contribution in [-0.4, -0.2) is 35.3 Å². The molecule has 30 heavy (non-hydrogen) atoms. The van der Waals surface area contributed by atoms with Crippen LogP contribution in [0.25, 0.3) is 0 Å². The van der Waals surface area contributed by atoms with Gasteiger partial charge in [-0.25, -0.2) is 4.39 Å². The first-order valence-electron chi connectivity index (χ1n) is 10.4. The molecule has 3 rings (SSSR count). The number of likely N-dealkylation sites (tertiary alicyclic amines) is 1. The van der Waals surface area contributed by atoms with Crippen LogP contribution in [0.1, 0.15) is 49.5 Å². The van der Waals surface area contributed by atoms with Crippen molar-refractivity contribution < 1.29 is 14.0 Å². The van der Waals surface area contributed by atoms with Gasteiger partial charge in [0.15, 0.2) is 0 Å². The molecule has 6 heteroatoms. The van der Waals surface area contributed by atoms with E-state index in [1.165, 1.54) is 12.1 Å². The van der Waals surface area contributed by atoms with Gasteiger partial charge in [-0.15, -0.1) is 0 Å². The van der Waals surface area contributed by atoms with E-state index in [0.717, 1.165) is 24.9 Å². The van der Waals surface area contributed by atoms with Crippen molar-refractivity contribution >= 4 is 17.5 Å². The topological polar surface area (TPSA) is 61.4 Å². The van der Waals surface area contributed by atoms with Gasteiger partial charge in [-0.2, -0.15) is 0 Å². The molecule has 1 saturated heterocycles. The first kappa shape index (κ1) is 22.0. The normalized spacial score (nSPS) is 17.4. The molecule has 160 valence electrons. The maximum Gasteiger partial charge on any atom is 0.253 e. The summed E-state index contributed by atoms with van der Waals surface area (Å²) in [6.45, 7) is 8.00. The Morgan fingerprint density at radius 2 is 1.80 bits per heavy atom. The van der Waals surface area contributed by atoms with Crippen LogP contribution in [0.2, 0.25) is 0 Å². The van der Waals surface area contributed by atoms with Crippen LogP contribution in [0.3, 0.4) is 0 Å². The highest BCUT2D eigenvalue weighted by Crippen LogP contribution is 2.22.